The monoisotopic (exact) mass is 382 g/mol. The Hall–Kier alpha value is -0.370. The number of guanidine groups is 1. The minimum atomic E-state index is 0. The highest BCUT2D eigenvalue weighted by molar-refractivity contribution is 14.0. The summed E-state index contributed by atoms with van der Waals surface area (Å²) in [5.41, 5.74) is 1.15. The highest BCUT2D eigenvalue weighted by Crippen LogP contribution is 2.16. The lowest BCUT2D eigenvalue weighted by Gasteiger charge is -2.16. The largest absolute Gasteiger partial charge is 0.357 e. The van der Waals surface area contributed by atoms with Gasteiger partial charge in [-0.3, -0.25) is 4.99 Å². The predicted octanol–water partition coefficient (Wildman–Crippen LogP) is 2.45. The van der Waals surface area contributed by atoms with E-state index in [4.69, 9.17) is 0 Å². The number of aliphatic imine (C=N–C) groups is 1. The Labute approximate surface area is 131 Å². The Morgan fingerprint density at radius 3 is 2.50 bits per heavy atom. The molecule has 0 amide bonds. The number of nitrogens with one attached hydrogen (secondary N) is 1. The van der Waals surface area contributed by atoms with Gasteiger partial charge in [0.15, 0.2) is 5.96 Å². The fraction of sp³-hybridized carbons (Fsp3) is 0.667. The van der Waals surface area contributed by atoms with Crippen molar-refractivity contribution >= 4 is 41.3 Å². The summed E-state index contributed by atoms with van der Waals surface area (Å²) in [4.78, 5) is 12.4. The molecule has 1 heterocycles. The van der Waals surface area contributed by atoms with Gasteiger partial charge in [-0.15, -0.1) is 35.3 Å². The van der Waals surface area contributed by atoms with E-state index >= 15 is 0 Å². The van der Waals surface area contributed by atoms with Crippen LogP contribution in [0.5, 0.6) is 0 Å². The first-order valence-electron chi connectivity index (χ1n) is 5.93. The molecule has 0 aliphatic carbocycles. The number of hydrogen-bond acceptors (Lipinski definition) is 3. The lowest BCUT2D eigenvalue weighted by atomic mass is 10.4. The van der Waals surface area contributed by atoms with Crippen molar-refractivity contribution in [2.45, 2.75) is 27.2 Å². The van der Waals surface area contributed by atoms with Crippen LogP contribution in [-0.2, 0) is 6.42 Å². The Bertz CT molecular complexity index is 368. The first-order valence-corrected chi connectivity index (χ1v) is 6.74. The van der Waals surface area contributed by atoms with Crippen molar-refractivity contribution in [3.63, 3.8) is 0 Å². The van der Waals surface area contributed by atoms with Gasteiger partial charge in [0, 0.05) is 38.5 Å². The second-order valence-electron chi connectivity index (χ2n) is 4.13. The summed E-state index contributed by atoms with van der Waals surface area (Å²) in [6, 6.07) is 0. The Morgan fingerprint density at radius 1 is 1.39 bits per heavy atom. The zero-order valence-electron chi connectivity index (χ0n) is 11.8. The molecular formula is C12H23IN4S. The predicted molar refractivity (Wildman–Crippen MR) is 90.4 cm³/mol. The lowest BCUT2D eigenvalue weighted by Crippen LogP contribution is -2.36. The normalized spacial score (nSPS) is 11.1. The van der Waals surface area contributed by atoms with Crippen LogP contribution in [0.1, 0.15) is 22.5 Å². The average molecular weight is 382 g/mol. The molecule has 6 heteroatoms. The summed E-state index contributed by atoms with van der Waals surface area (Å²) in [7, 11) is 4.00. The molecule has 0 aliphatic rings. The molecule has 0 unspecified atom stereocenters. The third-order valence-electron chi connectivity index (χ3n) is 2.42. The zero-order chi connectivity index (χ0) is 12.8. The smallest absolute Gasteiger partial charge is 0.193 e. The molecule has 1 N–H and O–H groups in total. The molecule has 1 aromatic heterocycles. The van der Waals surface area contributed by atoms with E-state index in [9.17, 15) is 0 Å². The highest BCUT2D eigenvalue weighted by Gasteiger charge is 2.03. The molecule has 0 saturated carbocycles. The van der Waals surface area contributed by atoms with Gasteiger partial charge in [0.05, 0.1) is 10.7 Å². The number of aromatic nitrogens is 1. The molecule has 0 aromatic carbocycles. The second-order valence-corrected chi connectivity index (χ2v) is 5.42. The molecule has 0 fully saturated rings. The fourth-order valence-electron chi connectivity index (χ4n) is 1.42. The van der Waals surface area contributed by atoms with E-state index in [0.717, 1.165) is 31.2 Å². The molecule has 0 bridgehead atoms. The van der Waals surface area contributed by atoms with Crippen molar-refractivity contribution < 1.29 is 0 Å². The van der Waals surface area contributed by atoms with E-state index < -0.39 is 0 Å². The summed E-state index contributed by atoms with van der Waals surface area (Å²) in [6.07, 6.45) is 0.919. The van der Waals surface area contributed by atoms with Crippen LogP contribution in [-0.4, -0.2) is 43.0 Å². The summed E-state index contributed by atoms with van der Waals surface area (Å²) < 4.78 is 0. The van der Waals surface area contributed by atoms with Crippen LogP contribution >= 0.6 is 35.3 Å². The molecule has 104 valence electrons. The van der Waals surface area contributed by atoms with E-state index in [0.29, 0.717) is 0 Å². The molecule has 1 rings (SSSR count). The van der Waals surface area contributed by atoms with Crippen molar-refractivity contribution in [3.8, 4) is 0 Å². The van der Waals surface area contributed by atoms with E-state index in [2.05, 4.69) is 36.1 Å². The SMILES string of the molecule is CCNC(=NCCc1nc(C)c(C)s1)N(C)C.I. The van der Waals surface area contributed by atoms with Gasteiger partial charge in [-0.05, 0) is 20.8 Å². The average Bonchev–Trinajstić information content (AvgIpc) is 2.57. The van der Waals surface area contributed by atoms with Gasteiger partial charge in [-0.1, -0.05) is 0 Å². The van der Waals surface area contributed by atoms with Gasteiger partial charge in [0.25, 0.3) is 0 Å². The first-order chi connectivity index (χ1) is 8.04. The van der Waals surface area contributed by atoms with Gasteiger partial charge in [-0.2, -0.15) is 0 Å². The molecular weight excluding hydrogens is 359 g/mol. The quantitative estimate of drug-likeness (QED) is 0.494. The lowest BCUT2D eigenvalue weighted by molar-refractivity contribution is 0.583. The van der Waals surface area contributed by atoms with Crippen LogP contribution in [0, 0.1) is 13.8 Å². The number of rotatable bonds is 4. The van der Waals surface area contributed by atoms with Gasteiger partial charge in [-0.25, -0.2) is 4.98 Å². The summed E-state index contributed by atoms with van der Waals surface area (Å²) in [5.74, 6) is 0.942. The molecule has 0 radical (unpaired) electrons. The summed E-state index contributed by atoms with van der Waals surface area (Å²) >= 11 is 1.77. The van der Waals surface area contributed by atoms with Crippen molar-refractivity contribution in [1.29, 1.82) is 0 Å². The molecule has 4 nitrogen and oxygen atoms in total. The number of thiazole rings is 1. The zero-order valence-corrected chi connectivity index (χ0v) is 14.9. The Kier molecular flexibility index (Phi) is 8.51. The van der Waals surface area contributed by atoms with E-state index in [-0.39, 0.29) is 24.0 Å². The minimum absolute atomic E-state index is 0. The number of aryl methyl sites for hydroxylation is 2. The number of hydrogen-bond donors (Lipinski definition) is 1. The second kappa shape index (κ2) is 8.68. The molecule has 18 heavy (non-hydrogen) atoms. The number of nitrogens with zero attached hydrogens (tertiary/aromatic N) is 3. The Balaban J connectivity index is 0.00000289. The molecule has 0 atom stereocenters. The first kappa shape index (κ1) is 17.6. The number of halogens is 1. The van der Waals surface area contributed by atoms with E-state index in [1.807, 2.05) is 19.0 Å². The van der Waals surface area contributed by atoms with Gasteiger partial charge in [0.2, 0.25) is 0 Å². The highest BCUT2D eigenvalue weighted by atomic mass is 127. The van der Waals surface area contributed by atoms with Crippen molar-refractivity contribution in [2.75, 3.05) is 27.2 Å². The maximum atomic E-state index is 4.55. The van der Waals surface area contributed by atoms with E-state index in [1.165, 1.54) is 9.88 Å². The van der Waals surface area contributed by atoms with Gasteiger partial charge in [0.1, 0.15) is 0 Å². The van der Waals surface area contributed by atoms with E-state index in [1.54, 1.807) is 11.3 Å². The topological polar surface area (TPSA) is 40.5 Å². The van der Waals surface area contributed by atoms with Crippen LogP contribution in [0.15, 0.2) is 4.99 Å². The van der Waals surface area contributed by atoms with Gasteiger partial charge < -0.3 is 10.2 Å². The van der Waals surface area contributed by atoms with Crippen molar-refractivity contribution in [2.24, 2.45) is 4.99 Å². The fourth-order valence-corrected chi connectivity index (χ4v) is 2.34. The molecule has 0 saturated heterocycles. The molecule has 1 aromatic rings. The van der Waals surface area contributed by atoms with Crippen molar-refractivity contribution in [3.05, 3.63) is 15.6 Å². The standard InChI is InChI=1S/C12H22N4S.HI/c1-6-13-12(16(4)5)14-8-7-11-15-9(2)10(3)17-11;/h6-8H2,1-5H3,(H,13,14);1H. The van der Waals surface area contributed by atoms with Crippen molar-refractivity contribution in [1.82, 2.24) is 15.2 Å². The Morgan fingerprint density at radius 2 is 2.06 bits per heavy atom. The van der Waals surface area contributed by atoms with Crippen LogP contribution in [0.2, 0.25) is 0 Å². The molecule has 0 aliphatic heterocycles. The summed E-state index contributed by atoms with van der Waals surface area (Å²) in [5, 5.41) is 4.42. The maximum Gasteiger partial charge on any atom is 0.193 e. The third kappa shape index (κ3) is 5.51. The van der Waals surface area contributed by atoms with Crippen LogP contribution < -0.4 is 5.32 Å². The third-order valence-corrected chi connectivity index (χ3v) is 3.55. The van der Waals surface area contributed by atoms with Crippen LogP contribution in [0.4, 0.5) is 0 Å². The maximum absolute atomic E-state index is 4.55. The summed E-state index contributed by atoms with van der Waals surface area (Å²) in [6.45, 7) is 7.93. The minimum Gasteiger partial charge on any atom is -0.357 e. The van der Waals surface area contributed by atoms with Crippen LogP contribution in [0.25, 0.3) is 0 Å². The van der Waals surface area contributed by atoms with Gasteiger partial charge >= 0.3 is 0 Å². The molecule has 0 spiro atoms. The van der Waals surface area contributed by atoms with Crippen LogP contribution in [0.3, 0.4) is 0 Å².